The summed E-state index contributed by atoms with van der Waals surface area (Å²) in [6, 6.07) is 8.31. The molecule has 3 nitrogen and oxygen atoms in total. The fourth-order valence-electron chi connectivity index (χ4n) is 1.53. The Labute approximate surface area is 117 Å². The highest BCUT2D eigenvalue weighted by atomic mass is 127. The second-order valence-corrected chi connectivity index (χ2v) is 6.37. The first-order valence-electron chi connectivity index (χ1n) is 5.57. The van der Waals surface area contributed by atoms with E-state index in [1.54, 1.807) is 0 Å². The van der Waals surface area contributed by atoms with Gasteiger partial charge in [0, 0.05) is 15.7 Å². The minimum absolute atomic E-state index is 0.0714. The number of halogens is 1. The van der Waals surface area contributed by atoms with Gasteiger partial charge in [-0.3, -0.25) is 9.69 Å². The van der Waals surface area contributed by atoms with Crippen molar-refractivity contribution in [3.8, 4) is 0 Å². The lowest BCUT2D eigenvalue weighted by atomic mass is 10.0. The fraction of sp³-hybridized carbons (Fsp3) is 0.462. The van der Waals surface area contributed by atoms with Gasteiger partial charge < -0.3 is 5.73 Å². The maximum Gasteiger partial charge on any atom is 0.231 e. The molecule has 17 heavy (non-hydrogen) atoms. The van der Waals surface area contributed by atoms with Crippen molar-refractivity contribution in [1.29, 1.82) is 0 Å². The minimum atomic E-state index is -0.287. The molecule has 0 saturated heterocycles. The fourth-order valence-corrected chi connectivity index (χ4v) is 1.89. The molecule has 0 atom stereocenters. The van der Waals surface area contributed by atoms with E-state index < -0.39 is 0 Å². The van der Waals surface area contributed by atoms with Crippen molar-refractivity contribution >= 4 is 28.5 Å². The molecule has 0 aromatic heterocycles. The normalized spacial score (nSPS) is 11.8. The predicted molar refractivity (Wildman–Crippen MR) is 78.5 cm³/mol. The third kappa shape index (κ3) is 5.04. The van der Waals surface area contributed by atoms with Crippen LogP contribution in [0.25, 0.3) is 0 Å². The third-order valence-electron chi connectivity index (χ3n) is 2.58. The van der Waals surface area contributed by atoms with Crippen LogP contribution in [0.3, 0.4) is 0 Å². The Morgan fingerprint density at radius 1 is 1.29 bits per heavy atom. The summed E-state index contributed by atoms with van der Waals surface area (Å²) in [7, 11) is 0. The molecule has 0 aliphatic carbocycles. The Kier molecular flexibility index (Phi) is 4.94. The molecule has 0 spiro atoms. The van der Waals surface area contributed by atoms with Crippen molar-refractivity contribution in [1.82, 2.24) is 4.90 Å². The molecule has 0 aliphatic rings. The molecule has 1 amide bonds. The monoisotopic (exact) mass is 346 g/mol. The van der Waals surface area contributed by atoms with E-state index in [0.717, 1.165) is 6.54 Å². The zero-order valence-corrected chi connectivity index (χ0v) is 12.7. The maximum absolute atomic E-state index is 11.1. The first kappa shape index (κ1) is 14.4. The van der Waals surface area contributed by atoms with E-state index in [1.165, 1.54) is 9.13 Å². The highest BCUT2D eigenvalue weighted by molar-refractivity contribution is 14.1. The van der Waals surface area contributed by atoms with E-state index in [4.69, 9.17) is 5.73 Å². The Morgan fingerprint density at radius 3 is 2.24 bits per heavy atom. The lowest BCUT2D eigenvalue weighted by Gasteiger charge is -2.34. The lowest BCUT2D eigenvalue weighted by Crippen LogP contribution is -2.45. The quantitative estimate of drug-likeness (QED) is 0.851. The summed E-state index contributed by atoms with van der Waals surface area (Å²) in [5.74, 6) is -0.287. The number of carbonyl (C=O) groups excluding carboxylic acids is 1. The highest BCUT2D eigenvalue weighted by Crippen LogP contribution is 2.17. The number of hydrogen-bond acceptors (Lipinski definition) is 2. The van der Waals surface area contributed by atoms with Gasteiger partial charge in [-0.15, -0.1) is 0 Å². The van der Waals surface area contributed by atoms with E-state index in [2.05, 4.69) is 72.5 Å². The minimum Gasteiger partial charge on any atom is -0.369 e. The molecule has 2 N–H and O–H groups in total. The maximum atomic E-state index is 11.1. The van der Waals surface area contributed by atoms with Gasteiger partial charge in [-0.1, -0.05) is 12.1 Å². The van der Waals surface area contributed by atoms with E-state index in [-0.39, 0.29) is 18.0 Å². The van der Waals surface area contributed by atoms with Crippen molar-refractivity contribution in [3.05, 3.63) is 33.4 Å². The highest BCUT2D eigenvalue weighted by Gasteiger charge is 2.22. The first-order valence-corrected chi connectivity index (χ1v) is 6.65. The van der Waals surface area contributed by atoms with Crippen molar-refractivity contribution in [3.63, 3.8) is 0 Å². The van der Waals surface area contributed by atoms with Crippen LogP contribution in [-0.4, -0.2) is 22.9 Å². The van der Waals surface area contributed by atoms with Crippen LogP contribution in [0.15, 0.2) is 24.3 Å². The third-order valence-corrected chi connectivity index (χ3v) is 3.30. The Bertz CT molecular complexity index is 381. The molecule has 0 bridgehead atoms. The van der Waals surface area contributed by atoms with Crippen molar-refractivity contribution < 1.29 is 4.79 Å². The number of primary amides is 1. The molecule has 0 saturated carbocycles. The van der Waals surface area contributed by atoms with Gasteiger partial charge in [-0.25, -0.2) is 0 Å². The summed E-state index contributed by atoms with van der Waals surface area (Å²) in [6.45, 7) is 7.28. The molecular formula is C13H19IN2O. The number of carbonyl (C=O) groups is 1. The molecule has 0 aliphatic heterocycles. The van der Waals surface area contributed by atoms with Crippen LogP contribution in [0, 0.1) is 3.57 Å². The van der Waals surface area contributed by atoms with Crippen LogP contribution in [-0.2, 0) is 11.3 Å². The van der Waals surface area contributed by atoms with Crippen LogP contribution in [0.5, 0.6) is 0 Å². The van der Waals surface area contributed by atoms with Crippen molar-refractivity contribution in [2.45, 2.75) is 32.9 Å². The molecule has 1 aromatic rings. The molecule has 0 fully saturated rings. The zero-order valence-electron chi connectivity index (χ0n) is 10.5. The number of benzene rings is 1. The molecule has 0 unspecified atom stereocenters. The topological polar surface area (TPSA) is 46.3 Å². The van der Waals surface area contributed by atoms with Crippen LogP contribution in [0.2, 0.25) is 0 Å². The lowest BCUT2D eigenvalue weighted by molar-refractivity contribution is -0.120. The largest absolute Gasteiger partial charge is 0.369 e. The molecule has 1 aromatic carbocycles. The number of nitrogens with zero attached hydrogens (tertiary/aromatic N) is 1. The van der Waals surface area contributed by atoms with E-state index in [9.17, 15) is 4.79 Å². The standard InChI is InChI=1S/C13H19IN2O/c1-13(2,3)16(9-12(15)17)8-10-4-6-11(14)7-5-10/h4-7H,8-9H2,1-3H3,(H2,15,17). The van der Waals surface area contributed by atoms with Gasteiger partial charge in [0.05, 0.1) is 6.54 Å². The van der Waals surface area contributed by atoms with Crippen molar-refractivity contribution in [2.75, 3.05) is 6.54 Å². The van der Waals surface area contributed by atoms with Crippen LogP contribution in [0.1, 0.15) is 26.3 Å². The van der Waals surface area contributed by atoms with Gasteiger partial charge in [0.2, 0.25) is 5.91 Å². The van der Waals surface area contributed by atoms with Crippen molar-refractivity contribution in [2.24, 2.45) is 5.73 Å². The number of hydrogen-bond donors (Lipinski definition) is 1. The zero-order chi connectivity index (χ0) is 13.1. The van der Waals surface area contributed by atoms with E-state index >= 15 is 0 Å². The predicted octanol–water partition coefficient (Wildman–Crippen LogP) is 2.38. The summed E-state index contributed by atoms with van der Waals surface area (Å²) >= 11 is 2.28. The summed E-state index contributed by atoms with van der Waals surface area (Å²) in [5, 5.41) is 0. The summed E-state index contributed by atoms with van der Waals surface area (Å²) < 4.78 is 1.21. The molecule has 94 valence electrons. The van der Waals surface area contributed by atoms with Gasteiger partial charge in [-0.05, 0) is 61.1 Å². The van der Waals surface area contributed by atoms with Crippen LogP contribution >= 0.6 is 22.6 Å². The average molecular weight is 346 g/mol. The van der Waals surface area contributed by atoms with Gasteiger partial charge in [0.15, 0.2) is 0 Å². The summed E-state index contributed by atoms with van der Waals surface area (Å²) in [5.41, 5.74) is 6.41. The summed E-state index contributed by atoms with van der Waals surface area (Å²) in [6.07, 6.45) is 0. The Hall–Kier alpha value is -0.620. The number of amides is 1. The number of rotatable bonds is 4. The van der Waals surface area contributed by atoms with E-state index in [1.807, 2.05) is 0 Å². The van der Waals surface area contributed by atoms with Crippen LogP contribution < -0.4 is 5.73 Å². The molecule has 1 rings (SSSR count). The SMILES string of the molecule is CC(C)(C)N(CC(N)=O)Cc1ccc(I)cc1. The summed E-state index contributed by atoms with van der Waals surface area (Å²) in [4.78, 5) is 13.2. The molecule has 0 radical (unpaired) electrons. The van der Waals surface area contributed by atoms with Gasteiger partial charge in [-0.2, -0.15) is 0 Å². The Balaban J connectivity index is 2.79. The second kappa shape index (κ2) is 5.82. The smallest absolute Gasteiger partial charge is 0.231 e. The second-order valence-electron chi connectivity index (χ2n) is 5.12. The molecule has 4 heteroatoms. The molecular weight excluding hydrogens is 327 g/mol. The van der Waals surface area contributed by atoms with Gasteiger partial charge in [0.1, 0.15) is 0 Å². The first-order chi connectivity index (χ1) is 7.79. The van der Waals surface area contributed by atoms with Gasteiger partial charge >= 0.3 is 0 Å². The molecule has 0 heterocycles. The Morgan fingerprint density at radius 2 is 1.82 bits per heavy atom. The van der Waals surface area contributed by atoms with E-state index in [0.29, 0.717) is 0 Å². The van der Waals surface area contributed by atoms with Crippen LogP contribution in [0.4, 0.5) is 0 Å². The average Bonchev–Trinajstić information content (AvgIpc) is 2.18. The van der Waals surface area contributed by atoms with Gasteiger partial charge in [0.25, 0.3) is 0 Å². The number of nitrogens with two attached hydrogens (primary N) is 1.